The van der Waals surface area contributed by atoms with Gasteiger partial charge in [0, 0.05) is 11.9 Å². The summed E-state index contributed by atoms with van der Waals surface area (Å²) in [5, 5.41) is 0. The van der Waals surface area contributed by atoms with Gasteiger partial charge in [-0.15, -0.1) is 11.6 Å². The number of hydrogen-bond donors (Lipinski definition) is 0. The van der Waals surface area contributed by atoms with Gasteiger partial charge in [-0.3, -0.25) is 0 Å². The predicted molar refractivity (Wildman–Crippen MR) is 89.9 cm³/mol. The summed E-state index contributed by atoms with van der Waals surface area (Å²) in [5.74, 6) is 0.893. The maximum atomic E-state index is 11.6. The Bertz CT molecular complexity index is 576. The number of alkyl halides is 1. The molecule has 0 saturated carbocycles. The van der Waals surface area contributed by atoms with E-state index >= 15 is 0 Å². The highest BCUT2D eigenvalue weighted by Crippen LogP contribution is 2.29. The molecule has 0 saturated heterocycles. The molecule has 0 radical (unpaired) electrons. The molecule has 22 heavy (non-hydrogen) atoms. The van der Waals surface area contributed by atoms with Crippen LogP contribution in [-0.4, -0.2) is 26.6 Å². The first-order valence-electron chi connectivity index (χ1n) is 6.86. The second kappa shape index (κ2) is 10.7. The topological polar surface area (TPSA) is 48.7 Å². The SMILES string of the molecule is CC.CCl.COC(=O)c1ccoc1-c1ccc(OC)c(C)c1. The fraction of sp³-hybridized carbons (Fsp3) is 0.353. The van der Waals surface area contributed by atoms with Gasteiger partial charge in [-0.25, -0.2) is 4.79 Å². The van der Waals surface area contributed by atoms with Crippen LogP contribution >= 0.6 is 11.6 Å². The van der Waals surface area contributed by atoms with E-state index in [1.807, 2.05) is 39.0 Å². The maximum Gasteiger partial charge on any atom is 0.341 e. The lowest BCUT2D eigenvalue weighted by Gasteiger charge is -2.06. The fourth-order valence-corrected chi connectivity index (χ4v) is 1.82. The van der Waals surface area contributed by atoms with E-state index in [0.29, 0.717) is 11.3 Å². The van der Waals surface area contributed by atoms with E-state index in [2.05, 4.69) is 11.6 Å². The van der Waals surface area contributed by atoms with Crippen molar-refractivity contribution < 1.29 is 18.7 Å². The Morgan fingerprint density at radius 2 is 1.77 bits per heavy atom. The average molecular weight is 327 g/mol. The van der Waals surface area contributed by atoms with Gasteiger partial charge in [0.15, 0.2) is 0 Å². The molecular weight excluding hydrogens is 304 g/mol. The van der Waals surface area contributed by atoms with Gasteiger partial charge in [0.25, 0.3) is 0 Å². The Morgan fingerprint density at radius 3 is 2.27 bits per heavy atom. The molecule has 122 valence electrons. The third-order valence-electron chi connectivity index (χ3n) is 2.73. The number of esters is 1. The second-order valence-electron chi connectivity index (χ2n) is 3.84. The molecule has 0 aliphatic carbocycles. The number of aryl methyl sites for hydroxylation is 1. The van der Waals surface area contributed by atoms with E-state index in [4.69, 9.17) is 13.9 Å². The quantitative estimate of drug-likeness (QED) is 0.592. The number of rotatable bonds is 3. The zero-order valence-electron chi connectivity index (χ0n) is 13.9. The molecule has 1 heterocycles. The number of carbonyl (C=O) groups excluding carboxylic acids is 1. The molecule has 0 spiro atoms. The summed E-state index contributed by atoms with van der Waals surface area (Å²) in [5.41, 5.74) is 2.21. The number of methoxy groups -OCH3 is 2. The lowest BCUT2D eigenvalue weighted by atomic mass is 10.1. The van der Waals surface area contributed by atoms with E-state index in [9.17, 15) is 4.79 Å². The minimum Gasteiger partial charge on any atom is -0.496 e. The molecule has 2 aromatic rings. The Morgan fingerprint density at radius 1 is 1.14 bits per heavy atom. The summed E-state index contributed by atoms with van der Waals surface area (Å²) < 4.78 is 15.3. The van der Waals surface area contributed by atoms with Crippen LogP contribution in [0.25, 0.3) is 11.3 Å². The van der Waals surface area contributed by atoms with Crippen molar-refractivity contribution in [2.24, 2.45) is 0 Å². The van der Waals surface area contributed by atoms with Gasteiger partial charge in [-0.2, -0.15) is 0 Å². The molecule has 0 amide bonds. The van der Waals surface area contributed by atoms with E-state index < -0.39 is 5.97 Å². The molecule has 0 fully saturated rings. The summed E-state index contributed by atoms with van der Waals surface area (Å²) in [7, 11) is 2.97. The molecule has 0 bridgehead atoms. The van der Waals surface area contributed by atoms with E-state index in [1.54, 1.807) is 13.2 Å². The third-order valence-corrected chi connectivity index (χ3v) is 2.73. The number of halogens is 1. The van der Waals surface area contributed by atoms with Crippen molar-refractivity contribution in [3.05, 3.63) is 41.7 Å². The van der Waals surface area contributed by atoms with Crippen molar-refractivity contribution in [3.63, 3.8) is 0 Å². The van der Waals surface area contributed by atoms with Gasteiger partial charge in [-0.1, -0.05) is 13.8 Å². The van der Waals surface area contributed by atoms with Gasteiger partial charge < -0.3 is 13.9 Å². The van der Waals surface area contributed by atoms with Crippen LogP contribution in [0.4, 0.5) is 0 Å². The van der Waals surface area contributed by atoms with Crippen molar-refractivity contribution in [1.29, 1.82) is 0 Å². The second-order valence-corrected chi connectivity index (χ2v) is 3.84. The van der Waals surface area contributed by atoms with Crippen molar-refractivity contribution in [2.45, 2.75) is 20.8 Å². The van der Waals surface area contributed by atoms with E-state index in [-0.39, 0.29) is 0 Å². The van der Waals surface area contributed by atoms with Crippen LogP contribution in [0.15, 0.2) is 34.9 Å². The maximum absolute atomic E-state index is 11.6. The molecule has 1 aromatic heterocycles. The summed E-state index contributed by atoms with van der Waals surface area (Å²) >= 11 is 4.64. The minimum absolute atomic E-state index is 0.410. The van der Waals surface area contributed by atoms with Crippen LogP contribution in [0.3, 0.4) is 0 Å². The fourth-order valence-electron chi connectivity index (χ4n) is 1.82. The Hall–Kier alpha value is -1.94. The largest absolute Gasteiger partial charge is 0.496 e. The van der Waals surface area contributed by atoms with Gasteiger partial charge >= 0.3 is 5.97 Å². The highest BCUT2D eigenvalue weighted by atomic mass is 35.5. The molecule has 0 aliphatic heterocycles. The van der Waals surface area contributed by atoms with Crippen molar-refractivity contribution in [2.75, 3.05) is 20.6 Å². The number of benzene rings is 1. The molecule has 1 aromatic carbocycles. The first-order valence-corrected chi connectivity index (χ1v) is 7.61. The molecular formula is C17H23ClO4. The van der Waals surface area contributed by atoms with Crippen LogP contribution in [0.1, 0.15) is 29.8 Å². The number of carbonyl (C=O) groups is 1. The third kappa shape index (κ3) is 4.81. The number of hydrogen-bond acceptors (Lipinski definition) is 4. The Kier molecular flexibility index (Phi) is 9.79. The Balaban J connectivity index is 0.00000102. The molecule has 0 unspecified atom stereocenters. The van der Waals surface area contributed by atoms with Gasteiger partial charge in [0.05, 0.1) is 20.5 Å². The van der Waals surface area contributed by atoms with E-state index in [1.165, 1.54) is 19.8 Å². The normalized spacial score (nSPS) is 8.86. The standard InChI is InChI=1S/C14H14O4.C2H6.CH3Cl/c1-9-8-10(4-5-12(9)16-2)13-11(6-7-18-13)14(15)17-3;2*1-2/h4-8H,1-3H3;1-2H3;1H3. The average Bonchev–Trinajstić information content (AvgIpc) is 3.07. The first kappa shape index (κ1) is 20.1. The molecule has 0 atom stereocenters. The monoisotopic (exact) mass is 326 g/mol. The summed E-state index contributed by atoms with van der Waals surface area (Å²) in [6, 6.07) is 7.19. The van der Waals surface area contributed by atoms with Crippen LogP contribution in [-0.2, 0) is 4.74 Å². The lowest BCUT2D eigenvalue weighted by molar-refractivity contribution is 0.0601. The zero-order valence-corrected chi connectivity index (χ0v) is 14.7. The number of ether oxygens (including phenoxy) is 2. The molecule has 2 rings (SSSR count). The van der Waals surface area contributed by atoms with Crippen LogP contribution < -0.4 is 4.74 Å². The number of furan rings is 1. The first-order chi connectivity index (χ1) is 10.7. The molecule has 4 nitrogen and oxygen atoms in total. The highest BCUT2D eigenvalue weighted by molar-refractivity contribution is 6.15. The Labute approximate surface area is 137 Å². The summed E-state index contributed by atoms with van der Waals surface area (Å²) in [6.45, 7) is 5.93. The zero-order chi connectivity index (χ0) is 17.1. The van der Waals surface area contributed by atoms with Gasteiger partial charge in [0.1, 0.15) is 17.1 Å². The summed E-state index contributed by atoms with van der Waals surface area (Å²) in [6.07, 6.45) is 2.95. The van der Waals surface area contributed by atoms with Crippen LogP contribution in [0, 0.1) is 6.92 Å². The highest BCUT2D eigenvalue weighted by Gasteiger charge is 2.17. The minimum atomic E-state index is -0.410. The lowest BCUT2D eigenvalue weighted by Crippen LogP contribution is -2.01. The smallest absolute Gasteiger partial charge is 0.341 e. The van der Waals surface area contributed by atoms with Crippen LogP contribution in [0.2, 0.25) is 0 Å². The molecule has 0 N–H and O–H groups in total. The molecule has 5 heteroatoms. The van der Waals surface area contributed by atoms with Crippen molar-refractivity contribution in [3.8, 4) is 17.1 Å². The van der Waals surface area contributed by atoms with Crippen molar-refractivity contribution in [1.82, 2.24) is 0 Å². The van der Waals surface area contributed by atoms with Gasteiger partial charge in [0.2, 0.25) is 0 Å². The predicted octanol–water partition coefficient (Wildman–Crippen LogP) is 4.93. The van der Waals surface area contributed by atoms with Crippen LogP contribution in [0.5, 0.6) is 5.75 Å². The van der Waals surface area contributed by atoms with E-state index in [0.717, 1.165) is 16.9 Å². The van der Waals surface area contributed by atoms with Gasteiger partial charge in [-0.05, 0) is 36.8 Å². The van der Waals surface area contributed by atoms with Crippen molar-refractivity contribution >= 4 is 17.6 Å². The molecule has 0 aliphatic rings. The summed E-state index contributed by atoms with van der Waals surface area (Å²) in [4.78, 5) is 11.6.